The number of hydrazine groups is 1. The van der Waals surface area contributed by atoms with Crippen LogP contribution >= 0.6 is 0 Å². The minimum Gasteiger partial charge on any atom is -0.404 e. The minimum absolute atomic E-state index is 0.0940. The Kier molecular flexibility index (Phi) is 6.01. The van der Waals surface area contributed by atoms with E-state index in [1.54, 1.807) is 12.1 Å². The number of fused-ring (bicyclic) bond motifs is 1. The molecule has 1 aliphatic heterocycles. The highest BCUT2D eigenvalue weighted by molar-refractivity contribution is 5.84. The van der Waals surface area contributed by atoms with Gasteiger partial charge in [0.25, 0.3) is 11.4 Å². The van der Waals surface area contributed by atoms with E-state index in [1.807, 2.05) is 20.8 Å². The normalized spacial score (nSPS) is 14.1. The number of hydrogen-bond donors (Lipinski definition) is 1. The van der Waals surface area contributed by atoms with Crippen LogP contribution in [0.2, 0.25) is 0 Å². The number of carbonyl (C=O) groups excluding carboxylic acids is 1. The third-order valence-electron chi connectivity index (χ3n) is 5.11. The van der Waals surface area contributed by atoms with Gasteiger partial charge in [0.15, 0.2) is 5.76 Å². The average Bonchev–Trinajstić information content (AvgIpc) is 3.23. The number of alkyl halides is 3. The first-order chi connectivity index (χ1) is 16.3. The fraction of sp³-hybridized carbons (Fsp3) is 0.304. The van der Waals surface area contributed by atoms with Crippen molar-refractivity contribution in [2.45, 2.75) is 46.0 Å². The topological polar surface area (TPSA) is 98.6 Å². The molecule has 2 aromatic heterocycles. The molecule has 1 aliphatic rings. The zero-order chi connectivity index (χ0) is 25.5. The molecule has 9 nitrogen and oxygen atoms in total. The molecule has 1 aromatic carbocycles. The molecule has 0 unspecified atom stereocenters. The van der Waals surface area contributed by atoms with Gasteiger partial charge in [0.2, 0.25) is 0 Å². The van der Waals surface area contributed by atoms with Crippen LogP contribution in [0.1, 0.15) is 44.5 Å². The SMILES string of the molecule is CC(=O)Oc1nn(CN2C=C(c3ccccc3C(F)(F)F)ON2)c(=O)c2ccc(C(C)(C)C)nc12. The molecule has 0 fully saturated rings. The number of benzene rings is 1. The van der Waals surface area contributed by atoms with Crippen molar-refractivity contribution in [3.05, 3.63) is 69.8 Å². The van der Waals surface area contributed by atoms with Crippen molar-refractivity contribution in [1.29, 1.82) is 0 Å². The summed E-state index contributed by atoms with van der Waals surface area (Å²) in [7, 11) is 0. The molecule has 0 spiro atoms. The summed E-state index contributed by atoms with van der Waals surface area (Å²) in [4.78, 5) is 34.5. The maximum atomic E-state index is 13.4. The van der Waals surface area contributed by atoms with Crippen LogP contribution in [0.25, 0.3) is 16.7 Å². The third-order valence-corrected chi connectivity index (χ3v) is 5.11. The van der Waals surface area contributed by atoms with E-state index in [1.165, 1.54) is 36.3 Å². The monoisotopic (exact) mass is 489 g/mol. The zero-order valence-corrected chi connectivity index (χ0v) is 19.3. The van der Waals surface area contributed by atoms with E-state index >= 15 is 0 Å². The summed E-state index contributed by atoms with van der Waals surface area (Å²) >= 11 is 0. The van der Waals surface area contributed by atoms with Gasteiger partial charge in [-0.15, -0.1) is 5.10 Å². The summed E-state index contributed by atoms with van der Waals surface area (Å²) in [6.45, 7) is 6.77. The summed E-state index contributed by atoms with van der Waals surface area (Å²) in [5.41, 5.74) is 1.34. The van der Waals surface area contributed by atoms with Gasteiger partial charge in [-0.3, -0.25) is 14.6 Å². The Morgan fingerprint density at radius 1 is 1.14 bits per heavy atom. The molecule has 0 saturated carbocycles. The lowest BCUT2D eigenvalue weighted by atomic mass is 9.91. The van der Waals surface area contributed by atoms with Crippen molar-refractivity contribution in [3.8, 4) is 5.88 Å². The summed E-state index contributed by atoms with van der Waals surface area (Å²) < 4.78 is 46.3. The Morgan fingerprint density at radius 3 is 2.51 bits per heavy atom. The smallest absolute Gasteiger partial charge is 0.404 e. The summed E-state index contributed by atoms with van der Waals surface area (Å²) in [5.74, 6) is -0.908. The van der Waals surface area contributed by atoms with E-state index in [4.69, 9.17) is 9.57 Å². The highest BCUT2D eigenvalue weighted by Crippen LogP contribution is 2.36. The number of ether oxygens (including phenoxy) is 1. The molecule has 4 rings (SSSR count). The summed E-state index contributed by atoms with van der Waals surface area (Å²) in [5, 5.41) is 5.53. The fourth-order valence-corrected chi connectivity index (χ4v) is 3.44. The molecule has 184 valence electrons. The fourth-order valence-electron chi connectivity index (χ4n) is 3.44. The van der Waals surface area contributed by atoms with Crippen LogP contribution in [0.4, 0.5) is 13.2 Å². The molecule has 0 bridgehead atoms. The number of nitrogens with one attached hydrogen (secondary N) is 1. The standard InChI is InChI=1S/C23H22F3N5O4/c1-13(32)34-20-19-15(9-10-18(27-19)22(2,3)4)21(33)31(28-20)12-30-11-17(35-29-30)14-7-5-6-8-16(14)23(24,25)26/h5-11,29H,12H2,1-4H3. The Labute approximate surface area is 197 Å². The van der Waals surface area contributed by atoms with Crippen LogP contribution in [0.5, 0.6) is 5.88 Å². The molecule has 0 amide bonds. The number of halogens is 3. The second-order valence-electron chi connectivity index (χ2n) is 8.89. The Balaban J connectivity index is 1.73. The van der Waals surface area contributed by atoms with Crippen LogP contribution < -0.4 is 15.9 Å². The van der Waals surface area contributed by atoms with Gasteiger partial charge in [-0.25, -0.2) is 9.67 Å². The molecule has 0 saturated heterocycles. The number of hydrogen-bond acceptors (Lipinski definition) is 8. The van der Waals surface area contributed by atoms with Crippen molar-refractivity contribution in [2.75, 3.05) is 0 Å². The van der Waals surface area contributed by atoms with Crippen molar-refractivity contribution in [2.24, 2.45) is 0 Å². The van der Waals surface area contributed by atoms with Crippen molar-refractivity contribution in [1.82, 2.24) is 25.4 Å². The van der Waals surface area contributed by atoms with Gasteiger partial charge in [-0.2, -0.15) is 13.2 Å². The van der Waals surface area contributed by atoms with E-state index in [0.717, 1.165) is 10.7 Å². The predicted octanol–water partition coefficient (Wildman–Crippen LogP) is 3.74. The van der Waals surface area contributed by atoms with E-state index in [9.17, 15) is 22.8 Å². The maximum absolute atomic E-state index is 13.4. The minimum atomic E-state index is -4.58. The second kappa shape index (κ2) is 8.69. The maximum Gasteiger partial charge on any atom is 0.417 e. The first-order valence-electron chi connectivity index (χ1n) is 10.5. The van der Waals surface area contributed by atoms with Crippen molar-refractivity contribution in [3.63, 3.8) is 0 Å². The van der Waals surface area contributed by atoms with Crippen molar-refractivity contribution < 1.29 is 27.5 Å². The van der Waals surface area contributed by atoms with Crippen LogP contribution in [0, 0.1) is 0 Å². The average molecular weight is 489 g/mol. The van der Waals surface area contributed by atoms with Gasteiger partial charge in [0, 0.05) is 23.6 Å². The van der Waals surface area contributed by atoms with E-state index < -0.39 is 23.3 Å². The Hall–Kier alpha value is -3.93. The lowest BCUT2D eigenvalue weighted by Crippen LogP contribution is -2.36. The van der Waals surface area contributed by atoms with Gasteiger partial charge in [0.1, 0.15) is 12.2 Å². The Morgan fingerprint density at radius 2 is 1.86 bits per heavy atom. The molecule has 12 heteroatoms. The summed E-state index contributed by atoms with van der Waals surface area (Å²) in [6.07, 6.45) is -3.31. The molecule has 0 radical (unpaired) electrons. The Bertz CT molecular complexity index is 1390. The van der Waals surface area contributed by atoms with Crippen molar-refractivity contribution >= 4 is 22.6 Å². The molecule has 3 heterocycles. The van der Waals surface area contributed by atoms with E-state index in [0.29, 0.717) is 5.69 Å². The number of aromatic nitrogens is 3. The van der Waals surface area contributed by atoms with E-state index in [2.05, 4.69) is 15.7 Å². The number of esters is 1. The number of pyridine rings is 1. The van der Waals surface area contributed by atoms with Gasteiger partial charge in [0.05, 0.1) is 17.1 Å². The van der Waals surface area contributed by atoms with Gasteiger partial charge in [-0.1, -0.05) is 44.6 Å². The van der Waals surface area contributed by atoms with Gasteiger partial charge in [-0.05, 0) is 18.2 Å². The highest BCUT2D eigenvalue weighted by atomic mass is 19.4. The van der Waals surface area contributed by atoms with Gasteiger partial charge < -0.3 is 9.57 Å². The van der Waals surface area contributed by atoms with Crippen LogP contribution in [0.3, 0.4) is 0 Å². The number of carbonyl (C=O) groups is 1. The number of nitrogens with zero attached hydrogens (tertiary/aromatic N) is 4. The number of rotatable bonds is 4. The van der Waals surface area contributed by atoms with Crippen LogP contribution in [0.15, 0.2) is 47.4 Å². The first kappa shape index (κ1) is 24.2. The van der Waals surface area contributed by atoms with Crippen LogP contribution in [-0.4, -0.2) is 25.7 Å². The first-order valence-corrected chi connectivity index (χ1v) is 10.5. The molecule has 0 atom stereocenters. The molecule has 1 N–H and O–H groups in total. The largest absolute Gasteiger partial charge is 0.417 e. The van der Waals surface area contributed by atoms with Gasteiger partial charge >= 0.3 is 12.1 Å². The summed E-state index contributed by atoms with van der Waals surface area (Å²) in [6, 6.07) is 8.23. The molecule has 35 heavy (non-hydrogen) atoms. The third kappa shape index (κ3) is 4.97. The van der Waals surface area contributed by atoms with E-state index in [-0.39, 0.29) is 40.2 Å². The molecule has 0 aliphatic carbocycles. The molecular formula is C23H22F3N5O4. The lowest BCUT2D eigenvalue weighted by molar-refractivity contribution is -0.138. The zero-order valence-electron chi connectivity index (χ0n) is 19.3. The van der Waals surface area contributed by atoms with Crippen LogP contribution in [-0.2, 0) is 27.9 Å². The quantitative estimate of drug-likeness (QED) is 0.554. The molecular weight excluding hydrogens is 467 g/mol. The second-order valence-corrected chi connectivity index (χ2v) is 8.89. The lowest BCUT2D eigenvalue weighted by Gasteiger charge is -2.19. The highest BCUT2D eigenvalue weighted by Gasteiger charge is 2.35. The molecule has 3 aromatic rings. The predicted molar refractivity (Wildman–Crippen MR) is 119 cm³/mol.